The molecule has 0 fully saturated rings. The summed E-state index contributed by atoms with van der Waals surface area (Å²) >= 11 is 0. The SMILES string of the molecule is CCCCCCCCCCCCCCCCCC(=O)N[N+](CC)(CCC)CCO.O=[N+]([O-])[O-]. The Bertz CT molecular complexity index is 440. The van der Waals surface area contributed by atoms with E-state index in [1.54, 1.807) is 0 Å². The van der Waals surface area contributed by atoms with Crippen LogP contribution in [-0.2, 0) is 4.79 Å². The predicted molar refractivity (Wildman–Crippen MR) is 136 cm³/mol. The molecule has 0 spiro atoms. The lowest BCUT2D eigenvalue weighted by Gasteiger charge is -2.36. The van der Waals surface area contributed by atoms with E-state index in [1.807, 2.05) is 0 Å². The van der Waals surface area contributed by atoms with Gasteiger partial charge in [0, 0.05) is 6.42 Å². The Balaban J connectivity index is 0. The summed E-state index contributed by atoms with van der Waals surface area (Å²) in [5.74, 6) is 0.142. The molecule has 198 valence electrons. The molecule has 0 heterocycles. The van der Waals surface area contributed by atoms with Crippen molar-refractivity contribution in [3.8, 4) is 0 Å². The molecule has 8 heteroatoms. The summed E-state index contributed by atoms with van der Waals surface area (Å²) in [5.41, 5.74) is 3.17. The Labute approximate surface area is 202 Å². The summed E-state index contributed by atoms with van der Waals surface area (Å²) in [6.45, 7) is 8.93. The fourth-order valence-corrected chi connectivity index (χ4v) is 4.22. The number of aliphatic hydroxyl groups excluding tert-OH is 1. The van der Waals surface area contributed by atoms with Crippen molar-refractivity contribution in [3.05, 3.63) is 15.3 Å². The third kappa shape index (κ3) is 25.1. The molecule has 0 aromatic heterocycles. The molecule has 0 saturated carbocycles. The molecule has 33 heavy (non-hydrogen) atoms. The van der Waals surface area contributed by atoms with E-state index in [1.165, 1.54) is 83.5 Å². The summed E-state index contributed by atoms with van der Waals surface area (Å²) in [6, 6.07) is 0. The highest BCUT2D eigenvalue weighted by molar-refractivity contribution is 5.74. The van der Waals surface area contributed by atoms with Crippen LogP contribution in [0.1, 0.15) is 130 Å². The van der Waals surface area contributed by atoms with E-state index < -0.39 is 5.09 Å². The van der Waals surface area contributed by atoms with Crippen LogP contribution in [0.5, 0.6) is 0 Å². The number of rotatable bonds is 22. The van der Waals surface area contributed by atoms with Gasteiger partial charge in [0.05, 0.1) is 18.2 Å². The minimum absolute atomic E-state index is 0.118. The highest BCUT2D eigenvalue weighted by Crippen LogP contribution is 2.14. The van der Waals surface area contributed by atoms with Gasteiger partial charge >= 0.3 is 0 Å². The summed E-state index contributed by atoms with van der Waals surface area (Å²) < 4.78 is 0.518. The number of nitrogens with zero attached hydrogens (tertiary/aromatic N) is 2. The van der Waals surface area contributed by atoms with Gasteiger partial charge in [-0.05, 0) is 19.8 Å². The molecule has 1 amide bonds. The molecule has 0 saturated heterocycles. The number of carbonyl (C=O) groups excluding carboxylic acids is 1. The van der Waals surface area contributed by atoms with Gasteiger partial charge in [0.25, 0.3) is 5.91 Å². The second-order valence-corrected chi connectivity index (χ2v) is 9.09. The molecule has 0 rings (SSSR count). The average Bonchev–Trinajstić information content (AvgIpc) is 2.76. The first-order valence-corrected chi connectivity index (χ1v) is 13.5. The molecule has 8 nitrogen and oxygen atoms in total. The molecular weight excluding hydrogens is 422 g/mol. The topological polar surface area (TPSA) is 116 Å². The normalized spacial score (nSPS) is 12.5. The third-order valence-electron chi connectivity index (χ3n) is 6.15. The van der Waals surface area contributed by atoms with E-state index in [-0.39, 0.29) is 12.5 Å². The van der Waals surface area contributed by atoms with Gasteiger partial charge in [0.1, 0.15) is 13.1 Å². The second kappa shape index (κ2) is 25.2. The van der Waals surface area contributed by atoms with Crippen LogP contribution in [0.3, 0.4) is 0 Å². The zero-order chi connectivity index (χ0) is 25.2. The Kier molecular flexibility index (Phi) is 25.8. The number of unbranched alkanes of at least 4 members (excludes halogenated alkanes) is 14. The van der Waals surface area contributed by atoms with Crippen molar-refractivity contribution in [1.29, 1.82) is 0 Å². The molecule has 0 aliphatic rings. The minimum atomic E-state index is -1.75. The van der Waals surface area contributed by atoms with Gasteiger partial charge in [-0.2, -0.15) is 0 Å². The van der Waals surface area contributed by atoms with Crippen molar-refractivity contribution < 1.29 is 19.6 Å². The number of likely N-dealkylation sites (N-methyl/N-ethyl adjacent to an activating group) is 1. The molecule has 0 bridgehead atoms. The smallest absolute Gasteiger partial charge is 0.264 e. The summed E-state index contributed by atoms with van der Waals surface area (Å²) in [4.78, 5) is 20.5. The van der Waals surface area contributed by atoms with Crippen LogP contribution in [0.15, 0.2) is 0 Å². The fourth-order valence-electron chi connectivity index (χ4n) is 4.22. The van der Waals surface area contributed by atoms with Gasteiger partial charge in [0.15, 0.2) is 0 Å². The molecule has 1 atom stereocenters. The average molecular weight is 476 g/mol. The maximum absolute atomic E-state index is 12.3. The minimum Gasteiger partial charge on any atom is -0.390 e. The van der Waals surface area contributed by atoms with E-state index >= 15 is 0 Å². The number of hydrogen-bond acceptors (Lipinski definition) is 5. The van der Waals surface area contributed by atoms with Crippen LogP contribution in [0, 0.1) is 15.3 Å². The number of nitrogens with one attached hydrogen (secondary N) is 1. The van der Waals surface area contributed by atoms with Crippen molar-refractivity contribution >= 4 is 5.91 Å². The van der Waals surface area contributed by atoms with E-state index in [4.69, 9.17) is 15.3 Å². The van der Waals surface area contributed by atoms with Crippen LogP contribution in [0.2, 0.25) is 0 Å². The predicted octanol–water partition coefficient (Wildman–Crippen LogP) is 6.28. The van der Waals surface area contributed by atoms with Crippen molar-refractivity contribution in [1.82, 2.24) is 5.43 Å². The van der Waals surface area contributed by atoms with Crippen LogP contribution in [-0.4, -0.2) is 46.9 Å². The lowest BCUT2D eigenvalue weighted by atomic mass is 10.0. The van der Waals surface area contributed by atoms with Gasteiger partial charge in [-0.15, -0.1) is 0 Å². The number of carbonyl (C=O) groups is 1. The molecule has 0 aromatic rings. The first-order chi connectivity index (χ1) is 15.9. The molecule has 0 radical (unpaired) electrons. The summed E-state index contributed by atoms with van der Waals surface area (Å²) in [6.07, 6.45) is 21.8. The molecule has 2 N–H and O–H groups in total. The zero-order valence-electron chi connectivity index (χ0n) is 21.8. The quantitative estimate of drug-likeness (QED) is 0.0827. The second-order valence-electron chi connectivity index (χ2n) is 9.09. The Hall–Kier alpha value is -1.41. The van der Waals surface area contributed by atoms with Gasteiger partial charge < -0.3 is 20.4 Å². The van der Waals surface area contributed by atoms with E-state index in [2.05, 4.69) is 26.2 Å². The van der Waals surface area contributed by atoms with E-state index in [9.17, 15) is 9.90 Å². The third-order valence-corrected chi connectivity index (χ3v) is 6.15. The lowest BCUT2D eigenvalue weighted by molar-refractivity contribution is -0.960. The van der Waals surface area contributed by atoms with Crippen LogP contribution >= 0.6 is 0 Å². The van der Waals surface area contributed by atoms with Crippen LogP contribution < -0.4 is 5.43 Å². The van der Waals surface area contributed by atoms with Crippen molar-refractivity contribution in [3.63, 3.8) is 0 Å². The number of aliphatic hydroxyl groups is 1. The molecule has 0 aliphatic heterocycles. The molecule has 0 aliphatic carbocycles. The summed E-state index contributed by atoms with van der Waals surface area (Å²) in [5, 5.41) is 24.1. The van der Waals surface area contributed by atoms with Crippen molar-refractivity contribution in [2.24, 2.45) is 0 Å². The van der Waals surface area contributed by atoms with Crippen LogP contribution in [0.25, 0.3) is 0 Å². The molecular formula is C25H53N3O5. The largest absolute Gasteiger partial charge is 0.390 e. The summed E-state index contributed by atoms with van der Waals surface area (Å²) in [7, 11) is 0. The van der Waals surface area contributed by atoms with E-state index in [0.29, 0.717) is 17.6 Å². The lowest BCUT2D eigenvalue weighted by Crippen LogP contribution is -2.61. The standard InChI is InChI=1S/C25H52N2O2.NO3/c1-4-7-8-9-10-11-12-13-14-15-16-17-18-19-20-21-25(29)26-27(6-3,22-5-2)23-24-28;2-1(3)4/h28H,4-24H2,1-3H3;/q;-1/p+1. The Morgan fingerprint density at radius 1 is 0.727 bits per heavy atom. The number of quaternary nitrogens is 1. The first kappa shape index (κ1) is 33.8. The fraction of sp³-hybridized carbons (Fsp3) is 0.960. The first-order valence-electron chi connectivity index (χ1n) is 13.5. The highest BCUT2D eigenvalue weighted by atomic mass is 16.9. The zero-order valence-corrected chi connectivity index (χ0v) is 21.8. The molecule has 0 aromatic carbocycles. The van der Waals surface area contributed by atoms with Gasteiger partial charge in [-0.3, -0.25) is 4.79 Å². The molecule has 1 unspecified atom stereocenters. The monoisotopic (exact) mass is 475 g/mol. The number of hydrogen-bond donors (Lipinski definition) is 2. The van der Waals surface area contributed by atoms with Crippen molar-refractivity contribution in [2.75, 3.05) is 26.2 Å². The maximum Gasteiger partial charge on any atom is 0.264 e. The van der Waals surface area contributed by atoms with Gasteiger partial charge in [0.2, 0.25) is 0 Å². The van der Waals surface area contributed by atoms with Crippen molar-refractivity contribution in [2.45, 2.75) is 130 Å². The number of amides is 1. The van der Waals surface area contributed by atoms with Gasteiger partial charge in [-0.1, -0.05) is 104 Å². The maximum atomic E-state index is 12.3. The Morgan fingerprint density at radius 3 is 1.45 bits per heavy atom. The Morgan fingerprint density at radius 2 is 1.12 bits per heavy atom. The highest BCUT2D eigenvalue weighted by Gasteiger charge is 2.26. The van der Waals surface area contributed by atoms with E-state index in [0.717, 1.165) is 32.4 Å². The van der Waals surface area contributed by atoms with Crippen LogP contribution in [0.4, 0.5) is 0 Å². The van der Waals surface area contributed by atoms with Gasteiger partial charge in [-0.25, -0.2) is 10.0 Å².